The minimum absolute atomic E-state index is 0.0930. The summed E-state index contributed by atoms with van der Waals surface area (Å²) >= 11 is 0. The fourth-order valence-electron chi connectivity index (χ4n) is 2.64. The first kappa shape index (κ1) is 13.8. The molecule has 0 bridgehead atoms. The van der Waals surface area contributed by atoms with Gasteiger partial charge in [-0.1, -0.05) is 61.5 Å². The van der Waals surface area contributed by atoms with E-state index in [1.165, 1.54) is 0 Å². The lowest BCUT2D eigenvalue weighted by Gasteiger charge is -2.30. The summed E-state index contributed by atoms with van der Waals surface area (Å²) in [5.41, 5.74) is 1.83. The lowest BCUT2D eigenvalue weighted by Crippen LogP contribution is -2.28. The van der Waals surface area contributed by atoms with Gasteiger partial charge in [-0.25, -0.2) is 0 Å². The molecule has 0 radical (unpaired) electrons. The lowest BCUT2D eigenvalue weighted by atomic mass is 9.82. The van der Waals surface area contributed by atoms with Gasteiger partial charge in [-0.15, -0.1) is 0 Å². The smallest absolute Gasteiger partial charge is 0.0949 e. The number of benzene rings is 2. The van der Waals surface area contributed by atoms with Gasteiger partial charge in [0.05, 0.1) is 11.1 Å². The Morgan fingerprint density at radius 2 is 1.57 bits per heavy atom. The molecule has 0 saturated carbocycles. The Morgan fingerprint density at radius 1 is 0.905 bits per heavy atom. The summed E-state index contributed by atoms with van der Waals surface area (Å²) in [7, 11) is 0. The molecule has 3 rings (SSSR count). The van der Waals surface area contributed by atoms with Crippen molar-refractivity contribution in [1.82, 2.24) is 4.98 Å². The standard InChI is InChI=1S/C19H19NO/c1-14(19(2,21)16-9-4-3-5-10-16)17-13-12-15-8-6-7-11-18(15)20-17/h3-14,21H,1-2H3/t14-,19-/m1/s1. The predicted molar refractivity (Wildman–Crippen MR) is 86.2 cm³/mol. The fraction of sp³-hybridized carbons (Fsp3) is 0.211. The first-order valence-electron chi connectivity index (χ1n) is 7.22. The molecule has 0 aliphatic heterocycles. The third-order valence-electron chi connectivity index (χ3n) is 4.27. The molecule has 0 fully saturated rings. The van der Waals surface area contributed by atoms with Crippen LogP contribution < -0.4 is 0 Å². The zero-order valence-corrected chi connectivity index (χ0v) is 12.3. The van der Waals surface area contributed by atoms with Gasteiger partial charge in [-0.2, -0.15) is 0 Å². The van der Waals surface area contributed by atoms with Gasteiger partial charge in [0.2, 0.25) is 0 Å². The number of aliphatic hydroxyl groups is 1. The van der Waals surface area contributed by atoms with Gasteiger partial charge in [0.1, 0.15) is 0 Å². The Kier molecular flexibility index (Phi) is 3.48. The van der Waals surface area contributed by atoms with Crippen LogP contribution in [-0.2, 0) is 5.60 Å². The minimum atomic E-state index is -0.948. The van der Waals surface area contributed by atoms with Crippen LogP contribution >= 0.6 is 0 Å². The van der Waals surface area contributed by atoms with Gasteiger partial charge in [0.15, 0.2) is 0 Å². The van der Waals surface area contributed by atoms with E-state index in [9.17, 15) is 5.11 Å². The highest BCUT2D eigenvalue weighted by Crippen LogP contribution is 2.35. The molecule has 21 heavy (non-hydrogen) atoms. The molecule has 0 amide bonds. The van der Waals surface area contributed by atoms with E-state index in [1.54, 1.807) is 0 Å². The van der Waals surface area contributed by atoms with Crippen LogP contribution in [-0.4, -0.2) is 10.1 Å². The highest BCUT2D eigenvalue weighted by Gasteiger charge is 2.32. The number of aromatic nitrogens is 1. The van der Waals surface area contributed by atoms with Crippen molar-refractivity contribution in [1.29, 1.82) is 0 Å². The predicted octanol–water partition coefficient (Wildman–Crippen LogP) is 4.25. The van der Waals surface area contributed by atoms with Crippen LogP contribution in [0.3, 0.4) is 0 Å². The Hall–Kier alpha value is -2.19. The second kappa shape index (κ2) is 5.30. The average Bonchev–Trinajstić information content (AvgIpc) is 2.54. The Labute approximate surface area is 125 Å². The van der Waals surface area contributed by atoms with Crippen LogP contribution in [0.4, 0.5) is 0 Å². The van der Waals surface area contributed by atoms with Crippen molar-refractivity contribution in [2.75, 3.05) is 0 Å². The molecule has 2 nitrogen and oxygen atoms in total. The highest BCUT2D eigenvalue weighted by atomic mass is 16.3. The molecular formula is C19H19NO. The molecule has 0 saturated heterocycles. The molecule has 2 aromatic carbocycles. The van der Waals surface area contributed by atoms with Crippen LogP contribution in [0, 0.1) is 0 Å². The van der Waals surface area contributed by atoms with E-state index in [-0.39, 0.29) is 5.92 Å². The van der Waals surface area contributed by atoms with Crippen LogP contribution in [0.2, 0.25) is 0 Å². The van der Waals surface area contributed by atoms with E-state index < -0.39 is 5.60 Å². The van der Waals surface area contributed by atoms with Crippen molar-refractivity contribution in [2.45, 2.75) is 25.4 Å². The van der Waals surface area contributed by atoms with E-state index in [4.69, 9.17) is 4.98 Å². The van der Waals surface area contributed by atoms with Gasteiger partial charge in [0.25, 0.3) is 0 Å². The van der Waals surface area contributed by atoms with E-state index in [1.807, 2.05) is 74.5 Å². The molecule has 0 aliphatic rings. The van der Waals surface area contributed by atoms with Crippen LogP contribution in [0.5, 0.6) is 0 Å². The average molecular weight is 277 g/mol. The zero-order chi connectivity index (χ0) is 14.9. The molecule has 1 N–H and O–H groups in total. The summed E-state index contributed by atoms with van der Waals surface area (Å²) in [6.45, 7) is 3.87. The number of fused-ring (bicyclic) bond motifs is 1. The van der Waals surface area contributed by atoms with Gasteiger partial charge in [-0.3, -0.25) is 4.98 Å². The Bertz CT molecular complexity index is 750. The van der Waals surface area contributed by atoms with Crippen LogP contribution in [0.1, 0.15) is 31.0 Å². The molecule has 0 unspecified atom stereocenters. The van der Waals surface area contributed by atoms with Crippen molar-refractivity contribution in [3.05, 3.63) is 78.0 Å². The topological polar surface area (TPSA) is 33.1 Å². The van der Waals surface area contributed by atoms with Crippen molar-refractivity contribution in [3.8, 4) is 0 Å². The second-order valence-corrected chi connectivity index (χ2v) is 5.66. The highest BCUT2D eigenvalue weighted by molar-refractivity contribution is 5.78. The number of nitrogens with zero attached hydrogens (tertiary/aromatic N) is 1. The molecule has 3 aromatic rings. The molecule has 2 heteroatoms. The van der Waals surface area contributed by atoms with Gasteiger partial charge in [0, 0.05) is 17.0 Å². The van der Waals surface area contributed by atoms with Gasteiger partial charge >= 0.3 is 0 Å². The SMILES string of the molecule is C[C@H](c1ccc2ccccc2n1)[C@@](C)(O)c1ccccc1. The van der Waals surface area contributed by atoms with Gasteiger partial charge in [-0.05, 0) is 24.6 Å². The van der Waals surface area contributed by atoms with E-state index in [2.05, 4.69) is 6.07 Å². The Balaban J connectivity index is 2.01. The van der Waals surface area contributed by atoms with Crippen molar-refractivity contribution >= 4 is 10.9 Å². The summed E-state index contributed by atoms with van der Waals surface area (Å²) in [5.74, 6) is -0.0930. The number of hydrogen-bond acceptors (Lipinski definition) is 2. The first-order chi connectivity index (χ1) is 10.1. The summed E-state index contributed by atoms with van der Waals surface area (Å²) in [6.07, 6.45) is 0. The zero-order valence-electron chi connectivity index (χ0n) is 12.3. The van der Waals surface area contributed by atoms with E-state index in [0.29, 0.717) is 0 Å². The number of hydrogen-bond donors (Lipinski definition) is 1. The maximum Gasteiger partial charge on any atom is 0.0949 e. The second-order valence-electron chi connectivity index (χ2n) is 5.66. The number of pyridine rings is 1. The first-order valence-corrected chi connectivity index (χ1v) is 7.22. The van der Waals surface area contributed by atoms with E-state index in [0.717, 1.165) is 22.2 Å². The number of para-hydroxylation sites is 1. The quantitative estimate of drug-likeness (QED) is 0.776. The molecule has 106 valence electrons. The normalized spacial score (nSPS) is 15.6. The molecule has 1 aromatic heterocycles. The monoisotopic (exact) mass is 277 g/mol. The Morgan fingerprint density at radius 3 is 2.33 bits per heavy atom. The summed E-state index contributed by atoms with van der Waals surface area (Å²) in [4.78, 5) is 4.71. The van der Waals surface area contributed by atoms with Crippen LogP contribution in [0.25, 0.3) is 10.9 Å². The molecule has 1 heterocycles. The minimum Gasteiger partial charge on any atom is -0.385 e. The third-order valence-corrected chi connectivity index (χ3v) is 4.27. The van der Waals surface area contributed by atoms with Crippen molar-refractivity contribution < 1.29 is 5.11 Å². The summed E-state index contributed by atoms with van der Waals surface area (Å²) < 4.78 is 0. The van der Waals surface area contributed by atoms with E-state index >= 15 is 0 Å². The fourth-order valence-corrected chi connectivity index (χ4v) is 2.64. The molecule has 2 atom stereocenters. The lowest BCUT2D eigenvalue weighted by molar-refractivity contribution is 0.0312. The van der Waals surface area contributed by atoms with Gasteiger partial charge < -0.3 is 5.11 Å². The summed E-state index contributed by atoms with van der Waals surface area (Å²) in [6, 6.07) is 21.9. The number of rotatable bonds is 3. The molecule has 0 spiro atoms. The largest absolute Gasteiger partial charge is 0.385 e. The van der Waals surface area contributed by atoms with Crippen molar-refractivity contribution in [2.24, 2.45) is 0 Å². The molecule has 0 aliphatic carbocycles. The van der Waals surface area contributed by atoms with Crippen LogP contribution in [0.15, 0.2) is 66.7 Å². The van der Waals surface area contributed by atoms with Crippen molar-refractivity contribution in [3.63, 3.8) is 0 Å². The summed E-state index contributed by atoms with van der Waals surface area (Å²) in [5, 5.41) is 12.1. The third kappa shape index (κ3) is 2.55. The maximum atomic E-state index is 10.9. The molecular weight excluding hydrogens is 258 g/mol. The maximum absolute atomic E-state index is 10.9.